The predicted octanol–water partition coefficient (Wildman–Crippen LogP) is 0.391. The second-order valence-electron chi connectivity index (χ2n) is 9.22. The van der Waals surface area contributed by atoms with Gasteiger partial charge in [0.15, 0.2) is 12.6 Å². The molecule has 2 amide bonds. The van der Waals surface area contributed by atoms with Crippen molar-refractivity contribution in [3.63, 3.8) is 0 Å². The van der Waals surface area contributed by atoms with Crippen LogP contribution in [0.4, 0.5) is 5.69 Å². The maximum Gasteiger partial charge on any atom is 0.279 e. The molecule has 4 atom stereocenters. The summed E-state index contributed by atoms with van der Waals surface area (Å²) < 4.78 is 0. The van der Waals surface area contributed by atoms with E-state index >= 15 is 0 Å². The lowest BCUT2D eigenvalue weighted by molar-refractivity contribution is -1.01. The van der Waals surface area contributed by atoms with E-state index in [0.29, 0.717) is 35.1 Å². The molecule has 0 bridgehead atoms. The number of anilines is 1. The Morgan fingerprint density at radius 1 is 1.13 bits per heavy atom. The number of para-hydroxylation sites is 1. The normalized spacial score (nSPS) is 30.3. The molecule has 1 saturated heterocycles. The lowest BCUT2D eigenvalue weighted by atomic mass is 9.78. The molecule has 1 heterocycles. The number of hydrogen-bond acceptors (Lipinski definition) is 2. The lowest BCUT2D eigenvalue weighted by Gasteiger charge is -2.36. The van der Waals surface area contributed by atoms with Gasteiger partial charge in [-0.3, -0.25) is 9.59 Å². The first-order valence-corrected chi connectivity index (χ1v) is 11.8. The Kier molecular flexibility index (Phi) is 8.14. The summed E-state index contributed by atoms with van der Waals surface area (Å²) in [4.78, 5) is 27.8. The first kappa shape index (κ1) is 23.0. The van der Waals surface area contributed by atoms with E-state index in [4.69, 9.17) is 11.6 Å². The molecule has 6 nitrogen and oxygen atoms in total. The van der Waals surface area contributed by atoms with E-state index < -0.39 is 0 Å². The second-order valence-corrected chi connectivity index (χ2v) is 9.62. The molecule has 1 aliphatic heterocycles. The molecule has 0 spiro atoms. The molecule has 7 heteroatoms. The Bertz CT molecular complexity index is 736. The third-order valence-corrected chi connectivity index (χ3v) is 7.53. The summed E-state index contributed by atoms with van der Waals surface area (Å²) in [7, 11) is 0. The van der Waals surface area contributed by atoms with Crippen molar-refractivity contribution in [3.8, 4) is 0 Å². The molecule has 166 valence electrons. The standard InChI is InChI=1S/C23H35ClN4O2/c1-16-7-6-10-20(17(16)2)26-23(30)18(3)28-13-11-27(12-14-28)15-22(29)25-21-9-5-4-8-19(21)24/h4-5,8-9,16-18,20H,6-7,10-15H2,1-3H3,(H,25,29)(H,26,30)/p+2/t16-,17-,18-,20-/m1/s1. The molecule has 0 unspecified atom stereocenters. The van der Waals surface area contributed by atoms with Crippen molar-refractivity contribution < 1.29 is 19.4 Å². The zero-order valence-electron chi connectivity index (χ0n) is 18.5. The van der Waals surface area contributed by atoms with Crippen molar-refractivity contribution in [2.45, 2.75) is 52.1 Å². The van der Waals surface area contributed by atoms with Crippen LogP contribution in [-0.4, -0.2) is 56.6 Å². The second kappa shape index (κ2) is 10.6. The molecule has 0 aromatic heterocycles. The number of piperazine rings is 1. The average Bonchev–Trinajstić information content (AvgIpc) is 2.73. The maximum absolute atomic E-state index is 12.8. The van der Waals surface area contributed by atoms with Crippen molar-refractivity contribution in [1.82, 2.24) is 5.32 Å². The van der Waals surface area contributed by atoms with Crippen LogP contribution >= 0.6 is 11.6 Å². The molecule has 1 saturated carbocycles. The minimum absolute atomic E-state index is 0.0206. The summed E-state index contributed by atoms with van der Waals surface area (Å²) in [5, 5.41) is 6.78. The number of hydrogen-bond donors (Lipinski definition) is 4. The highest BCUT2D eigenvalue weighted by molar-refractivity contribution is 6.33. The Balaban J connectivity index is 1.42. The van der Waals surface area contributed by atoms with Crippen LogP contribution in [-0.2, 0) is 9.59 Å². The van der Waals surface area contributed by atoms with Crippen LogP contribution in [0.15, 0.2) is 24.3 Å². The molecule has 1 aromatic rings. The van der Waals surface area contributed by atoms with E-state index in [9.17, 15) is 9.59 Å². The first-order chi connectivity index (χ1) is 14.3. The fourth-order valence-electron chi connectivity index (χ4n) is 4.80. The number of carbonyl (C=O) groups excluding carboxylic acids is 2. The number of quaternary nitrogens is 2. The Hall–Kier alpha value is -1.63. The van der Waals surface area contributed by atoms with Gasteiger partial charge < -0.3 is 20.4 Å². The zero-order valence-corrected chi connectivity index (χ0v) is 19.2. The minimum atomic E-state index is -0.0482. The van der Waals surface area contributed by atoms with Crippen LogP contribution in [0, 0.1) is 11.8 Å². The third kappa shape index (κ3) is 5.96. The predicted molar refractivity (Wildman–Crippen MR) is 120 cm³/mol. The van der Waals surface area contributed by atoms with Crippen molar-refractivity contribution >= 4 is 29.1 Å². The highest BCUT2D eigenvalue weighted by Gasteiger charge is 2.34. The van der Waals surface area contributed by atoms with Gasteiger partial charge in [0.2, 0.25) is 0 Å². The Labute approximate surface area is 185 Å². The number of carbonyl (C=O) groups is 2. The van der Waals surface area contributed by atoms with Crippen molar-refractivity contribution in [1.29, 1.82) is 0 Å². The molecule has 2 aliphatic rings. The fraction of sp³-hybridized carbons (Fsp3) is 0.652. The van der Waals surface area contributed by atoms with Gasteiger partial charge >= 0.3 is 0 Å². The third-order valence-electron chi connectivity index (χ3n) is 7.20. The first-order valence-electron chi connectivity index (χ1n) is 11.4. The topological polar surface area (TPSA) is 67.1 Å². The van der Waals surface area contributed by atoms with Crippen LogP contribution in [0.3, 0.4) is 0 Å². The molecule has 2 fully saturated rings. The molecule has 0 radical (unpaired) electrons. The summed E-state index contributed by atoms with van der Waals surface area (Å²) in [6, 6.07) is 7.55. The van der Waals surface area contributed by atoms with Gasteiger partial charge in [-0.15, -0.1) is 0 Å². The highest BCUT2D eigenvalue weighted by atomic mass is 35.5. The largest absolute Gasteiger partial charge is 0.348 e. The number of nitrogens with one attached hydrogen (secondary N) is 4. The average molecular weight is 437 g/mol. The van der Waals surface area contributed by atoms with E-state index in [0.717, 1.165) is 32.6 Å². The molecule has 1 aromatic carbocycles. The molecule has 3 rings (SSSR count). The Morgan fingerprint density at radius 2 is 1.83 bits per heavy atom. The molecule has 30 heavy (non-hydrogen) atoms. The maximum atomic E-state index is 12.8. The smallest absolute Gasteiger partial charge is 0.279 e. The number of rotatable bonds is 6. The van der Waals surface area contributed by atoms with E-state index in [1.54, 1.807) is 6.07 Å². The molecular formula is C23H37ClN4O2+2. The van der Waals surface area contributed by atoms with Crippen LogP contribution in [0.1, 0.15) is 40.0 Å². The Morgan fingerprint density at radius 3 is 2.53 bits per heavy atom. The highest BCUT2D eigenvalue weighted by Crippen LogP contribution is 2.29. The van der Waals surface area contributed by atoms with E-state index in [-0.39, 0.29) is 17.9 Å². The van der Waals surface area contributed by atoms with Gasteiger partial charge in [-0.25, -0.2) is 0 Å². The van der Waals surface area contributed by atoms with Crippen LogP contribution < -0.4 is 20.4 Å². The van der Waals surface area contributed by atoms with Gasteiger partial charge in [-0.1, -0.05) is 50.4 Å². The summed E-state index contributed by atoms with van der Waals surface area (Å²) in [5.74, 6) is 1.38. The van der Waals surface area contributed by atoms with Gasteiger partial charge in [-0.05, 0) is 37.3 Å². The lowest BCUT2D eigenvalue weighted by Crippen LogP contribution is -3.30. The molecular weight excluding hydrogens is 400 g/mol. The monoisotopic (exact) mass is 436 g/mol. The van der Waals surface area contributed by atoms with Crippen molar-refractivity contribution in [2.75, 3.05) is 38.0 Å². The van der Waals surface area contributed by atoms with Crippen molar-refractivity contribution in [2.24, 2.45) is 11.8 Å². The summed E-state index contributed by atoms with van der Waals surface area (Å²) >= 11 is 6.12. The zero-order chi connectivity index (χ0) is 21.7. The van der Waals surface area contributed by atoms with Gasteiger partial charge in [0.1, 0.15) is 26.2 Å². The quantitative estimate of drug-likeness (QED) is 0.521. The van der Waals surface area contributed by atoms with Gasteiger partial charge in [0, 0.05) is 6.04 Å². The number of amides is 2. The van der Waals surface area contributed by atoms with E-state index in [1.165, 1.54) is 22.6 Å². The summed E-state index contributed by atoms with van der Waals surface area (Å²) in [6.45, 7) is 10.6. The molecule has 4 N–H and O–H groups in total. The fourth-order valence-corrected chi connectivity index (χ4v) is 4.98. The SMILES string of the molecule is C[C@@H]1[C@H](C)CCC[C@H]1NC(=O)[C@@H](C)[NH+]1CC[NH+](CC(=O)Nc2ccccc2Cl)CC1. The number of benzene rings is 1. The van der Waals surface area contributed by atoms with E-state index in [1.807, 2.05) is 25.1 Å². The van der Waals surface area contributed by atoms with Gasteiger partial charge in [-0.2, -0.15) is 0 Å². The van der Waals surface area contributed by atoms with Crippen LogP contribution in [0.2, 0.25) is 5.02 Å². The van der Waals surface area contributed by atoms with Crippen molar-refractivity contribution in [3.05, 3.63) is 29.3 Å². The summed E-state index contributed by atoms with van der Waals surface area (Å²) in [5.41, 5.74) is 0.657. The minimum Gasteiger partial charge on any atom is -0.348 e. The summed E-state index contributed by atoms with van der Waals surface area (Å²) in [6.07, 6.45) is 3.57. The van der Waals surface area contributed by atoms with E-state index in [2.05, 4.69) is 24.5 Å². The van der Waals surface area contributed by atoms with Crippen LogP contribution in [0.5, 0.6) is 0 Å². The number of halogens is 1. The van der Waals surface area contributed by atoms with Gasteiger partial charge in [0.25, 0.3) is 11.8 Å². The van der Waals surface area contributed by atoms with Gasteiger partial charge in [0.05, 0.1) is 10.7 Å². The van der Waals surface area contributed by atoms with Crippen LogP contribution in [0.25, 0.3) is 0 Å². The molecule has 1 aliphatic carbocycles.